The van der Waals surface area contributed by atoms with Crippen molar-refractivity contribution in [3.8, 4) is 11.5 Å². The average Bonchev–Trinajstić information content (AvgIpc) is 3.16. The van der Waals surface area contributed by atoms with Gasteiger partial charge in [-0.15, -0.1) is 0 Å². The van der Waals surface area contributed by atoms with Crippen LogP contribution in [0.15, 0.2) is 30.6 Å². The number of nitrogens with zero attached hydrogens (tertiary/aromatic N) is 6. The van der Waals surface area contributed by atoms with Gasteiger partial charge in [-0.25, -0.2) is 4.98 Å². The lowest BCUT2D eigenvalue weighted by Gasteiger charge is -2.36. The zero-order valence-electron chi connectivity index (χ0n) is 15.9. The molecule has 3 heterocycles. The number of aryl methyl sites for hydroxylation is 1. The van der Waals surface area contributed by atoms with E-state index in [4.69, 9.17) is 9.47 Å². The summed E-state index contributed by atoms with van der Waals surface area (Å²) in [5, 5.41) is 4.32. The number of rotatable bonds is 5. The van der Waals surface area contributed by atoms with Crippen LogP contribution >= 0.6 is 0 Å². The van der Waals surface area contributed by atoms with E-state index in [1.807, 2.05) is 23.6 Å². The van der Waals surface area contributed by atoms with Crippen LogP contribution in [0.3, 0.4) is 0 Å². The predicted octanol–water partition coefficient (Wildman–Crippen LogP) is 1.77. The van der Waals surface area contributed by atoms with Crippen molar-refractivity contribution in [2.75, 3.05) is 45.3 Å². The lowest BCUT2D eigenvalue weighted by atomic mass is 10.1. The summed E-state index contributed by atoms with van der Waals surface area (Å²) in [6.45, 7) is 6.58. The Labute approximate surface area is 158 Å². The van der Waals surface area contributed by atoms with Crippen molar-refractivity contribution in [2.24, 2.45) is 0 Å². The van der Waals surface area contributed by atoms with E-state index in [-0.39, 0.29) is 0 Å². The summed E-state index contributed by atoms with van der Waals surface area (Å²) in [5.41, 5.74) is 2.10. The molecule has 27 heavy (non-hydrogen) atoms. The van der Waals surface area contributed by atoms with Gasteiger partial charge in [0.25, 0.3) is 5.78 Å². The quantitative estimate of drug-likeness (QED) is 0.680. The van der Waals surface area contributed by atoms with Gasteiger partial charge in [-0.1, -0.05) is 0 Å². The largest absolute Gasteiger partial charge is 0.497 e. The third-order valence-electron chi connectivity index (χ3n) is 4.94. The summed E-state index contributed by atoms with van der Waals surface area (Å²) in [7, 11) is 3.39. The zero-order chi connectivity index (χ0) is 18.8. The van der Waals surface area contributed by atoms with Crippen LogP contribution in [0.1, 0.15) is 11.3 Å². The van der Waals surface area contributed by atoms with Crippen molar-refractivity contribution < 1.29 is 9.47 Å². The molecule has 4 rings (SSSR count). The summed E-state index contributed by atoms with van der Waals surface area (Å²) in [6.07, 6.45) is 1.55. The smallest absolute Gasteiger partial charge is 0.254 e. The second-order valence-corrected chi connectivity index (χ2v) is 6.67. The van der Waals surface area contributed by atoms with Crippen molar-refractivity contribution >= 4 is 11.6 Å². The van der Waals surface area contributed by atoms with Crippen LogP contribution in [0.4, 0.5) is 5.82 Å². The number of ether oxygens (including phenoxy) is 2. The number of hydrogen-bond donors (Lipinski definition) is 0. The molecule has 1 aliphatic heterocycles. The molecular weight excluding hydrogens is 344 g/mol. The van der Waals surface area contributed by atoms with Gasteiger partial charge in [0.15, 0.2) is 0 Å². The molecule has 0 atom stereocenters. The molecule has 0 radical (unpaired) electrons. The van der Waals surface area contributed by atoms with Crippen LogP contribution in [0, 0.1) is 6.92 Å². The van der Waals surface area contributed by atoms with Crippen molar-refractivity contribution in [3.05, 3.63) is 41.9 Å². The average molecular weight is 368 g/mol. The van der Waals surface area contributed by atoms with Crippen LogP contribution in [0.25, 0.3) is 5.78 Å². The summed E-state index contributed by atoms with van der Waals surface area (Å²) in [5.74, 6) is 3.44. The maximum absolute atomic E-state index is 5.51. The van der Waals surface area contributed by atoms with E-state index in [0.29, 0.717) is 5.78 Å². The highest BCUT2D eigenvalue weighted by Gasteiger charge is 2.21. The van der Waals surface area contributed by atoms with Gasteiger partial charge in [0, 0.05) is 50.0 Å². The number of aromatic nitrogens is 4. The monoisotopic (exact) mass is 368 g/mol. The molecule has 1 fully saturated rings. The Balaban J connectivity index is 1.47. The van der Waals surface area contributed by atoms with E-state index < -0.39 is 0 Å². The Hall–Kier alpha value is -2.87. The van der Waals surface area contributed by atoms with Gasteiger partial charge in [0.2, 0.25) is 0 Å². The molecule has 0 amide bonds. The number of benzene rings is 1. The Morgan fingerprint density at radius 2 is 1.85 bits per heavy atom. The van der Waals surface area contributed by atoms with Crippen molar-refractivity contribution in [3.63, 3.8) is 0 Å². The molecule has 0 saturated carbocycles. The molecule has 0 aliphatic carbocycles. The number of anilines is 1. The van der Waals surface area contributed by atoms with Gasteiger partial charge in [0.1, 0.15) is 23.6 Å². The third kappa shape index (κ3) is 3.52. The molecule has 8 heteroatoms. The SMILES string of the molecule is COc1ccc(OC)c(CN2CCN(c3cc(C)nc4ncnn34)CC2)c1. The van der Waals surface area contributed by atoms with Gasteiger partial charge in [-0.2, -0.15) is 14.6 Å². The molecule has 3 aromatic rings. The van der Waals surface area contributed by atoms with E-state index in [0.717, 1.165) is 61.3 Å². The maximum atomic E-state index is 5.51. The first kappa shape index (κ1) is 17.5. The fourth-order valence-corrected chi connectivity index (χ4v) is 3.52. The lowest BCUT2D eigenvalue weighted by molar-refractivity contribution is 0.245. The summed E-state index contributed by atoms with van der Waals surface area (Å²) in [4.78, 5) is 13.4. The topological polar surface area (TPSA) is 68.0 Å². The Kier molecular flexibility index (Phi) is 4.81. The fourth-order valence-electron chi connectivity index (χ4n) is 3.52. The Bertz CT molecular complexity index is 933. The minimum absolute atomic E-state index is 0.647. The van der Waals surface area contributed by atoms with Crippen LogP contribution in [0.5, 0.6) is 11.5 Å². The van der Waals surface area contributed by atoms with Crippen LogP contribution < -0.4 is 14.4 Å². The molecule has 0 unspecified atom stereocenters. The fraction of sp³-hybridized carbons (Fsp3) is 0.421. The molecule has 2 aromatic heterocycles. The van der Waals surface area contributed by atoms with E-state index >= 15 is 0 Å². The standard InChI is InChI=1S/C19H24N6O2/c1-14-10-18(25-19(22-14)20-13-21-25)24-8-6-23(7-9-24)12-15-11-16(26-2)4-5-17(15)27-3/h4-5,10-11,13H,6-9,12H2,1-3H3. The summed E-state index contributed by atoms with van der Waals surface area (Å²) in [6, 6.07) is 8.01. The molecule has 1 aliphatic rings. The van der Waals surface area contributed by atoms with E-state index in [1.54, 1.807) is 20.5 Å². The van der Waals surface area contributed by atoms with Crippen LogP contribution in [0.2, 0.25) is 0 Å². The Morgan fingerprint density at radius 3 is 2.59 bits per heavy atom. The first-order valence-corrected chi connectivity index (χ1v) is 9.03. The van der Waals surface area contributed by atoms with Crippen molar-refractivity contribution in [2.45, 2.75) is 13.5 Å². The van der Waals surface area contributed by atoms with E-state index in [9.17, 15) is 0 Å². The minimum atomic E-state index is 0.647. The molecule has 1 saturated heterocycles. The van der Waals surface area contributed by atoms with Crippen molar-refractivity contribution in [1.29, 1.82) is 0 Å². The molecular formula is C19H24N6O2. The second-order valence-electron chi connectivity index (χ2n) is 6.67. The number of hydrogen-bond acceptors (Lipinski definition) is 7. The molecule has 0 spiro atoms. The maximum Gasteiger partial charge on any atom is 0.254 e. The highest BCUT2D eigenvalue weighted by Crippen LogP contribution is 2.26. The molecule has 8 nitrogen and oxygen atoms in total. The highest BCUT2D eigenvalue weighted by atomic mass is 16.5. The first-order chi connectivity index (χ1) is 13.2. The number of methoxy groups -OCH3 is 2. The molecule has 142 valence electrons. The lowest BCUT2D eigenvalue weighted by Crippen LogP contribution is -2.46. The normalized spacial score (nSPS) is 15.3. The summed E-state index contributed by atoms with van der Waals surface area (Å²) >= 11 is 0. The van der Waals surface area contributed by atoms with Crippen LogP contribution in [-0.2, 0) is 6.54 Å². The van der Waals surface area contributed by atoms with Gasteiger partial charge < -0.3 is 14.4 Å². The Morgan fingerprint density at radius 1 is 1.04 bits per heavy atom. The zero-order valence-corrected chi connectivity index (χ0v) is 15.9. The predicted molar refractivity (Wildman–Crippen MR) is 103 cm³/mol. The minimum Gasteiger partial charge on any atom is -0.497 e. The van der Waals surface area contributed by atoms with E-state index in [2.05, 4.69) is 37.0 Å². The van der Waals surface area contributed by atoms with Crippen LogP contribution in [-0.4, -0.2) is 64.9 Å². The highest BCUT2D eigenvalue weighted by molar-refractivity contribution is 5.47. The molecule has 1 aromatic carbocycles. The molecule has 0 bridgehead atoms. The van der Waals surface area contributed by atoms with Crippen molar-refractivity contribution in [1.82, 2.24) is 24.5 Å². The van der Waals surface area contributed by atoms with Gasteiger partial charge in [0.05, 0.1) is 14.2 Å². The summed E-state index contributed by atoms with van der Waals surface area (Å²) < 4.78 is 12.7. The molecule has 0 N–H and O–H groups in total. The second kappa shape index (κ2) is 7.40. The third-order valence-corrected chi connectivity index (χ3v) is 4.94. The number of piperazine rings is 1. The van der Waals surface area contributed by atoms with E-state index in [1.165, 1.54) is 0 Å². The van der Waals surface area contributed by atoms with Gasteiger partial charge >= 0.3 is 0 Å². The van der Waals surface area contributed by atoms with Gasteiger partial charge in [-0.05, 0) is 25.1 Å². The first-order valence-electron chi connectivity index (χ1n) is 9.03. The number of fused-ring (bicyclic) bond motifs is 1. The van der Waals surface area contributed by atoms with Gasteiger partial charge in [-0.3, -0.25) is 4.90 Å².